The molecule has 1 aromatic carbocycles. The first-order chi connectivity index (χ1) is 9.15. The van der Waals surface area contributed by atoms with Crippen LogP contribution in [0.5, 0.6) is 0 Å². The fraction of sp³-hybridized carbons (Fsp3) is 0.467. The molecule has 102 valence electrons. The second-order valence-corrected chi connectivity index (χ2v) is 5.80. The van der Waals surface area contributed by atoms with Gasteiger partial charge < -0.3 is 5.11 Å². The number of aliphatic carboxylic acids is 1. The molecule has 0 aliphatic heterocycles. The highest BCUT2D eigenvalue weighted by Crippen LogP contribution is 2.24. The summed E-state index contributed by atoms with van der Waals surface area (Å²) in [5, 5.41) is 17.7. The molecule has 0 fully saturated rings. The lowest BCUT2D eigenvalue weighted by Crippen LogP contribution is -2.11. The Morgan fingerprint density at radius 1 is 1.32 bits per heavy atom. The van der Waals surface area contributed by atoms with Crippen LogP contribution in [-0.4, -0.2) is 11.1 Å². The molecule has 1 unspecified atom stereocenters. The molecule has 1 N–H and O–H groups in total. The van der Waals surface area contributed by atoms with Crippen LogP contribution in [-0.2, 0) is 4.79 Å². The van der Waals surface area contributed by atoms with Gasteiger partial charge in [-0.15, -0.1) is 0 Å². The minimum absolute atomic E-state index is 0.411. The van der Waals surface area contributed by atoms with Crippen molar-refractivity contribution >= 4 is 28.6 Å². The average Bonchev–Trinajstić information content (AvgIpc) is 2.37. The summed E-state index contributed by atoms with van der Waals surface area (Å²) >= 11 is 2.20. The first-order valence-corrected chi connectivity index (χ1v) is 7.58. The molecule has 0 amide bonds. The zero-order valence-electron chi connectivity index (χ0n) is 10.8. The minimum atomic E-state index is -0.751. The van der Waals surface area contributed by atoms with Crippen LogP contribution in [0, 0.1) is 14.9 Å². The number of carboxylic acid groups (broad SMARTS) is 1. The first-order valence-electron chi connectivity index (χ1n) is 6.50. The number of nitrogens with zero attached hydrogens (tertiary/aromatic N) is 1. The van der Waals surface area contributed by atoms with Gasteiger partial charge in [0.05, 0.1) is 12.0 Å². The molecule has 3 nitrogen and oxygen atoms in total. The van der Waals surface area contributed by atoms with E-state index in [1.54, 1.807) is 0 Å². The Morgan fingerprint density at radius 3 is 2.68 bits per heavy atom. The van der Waals surface area contributed by atoms with Crippen molar-refractivity contribution in [2.45, 2.75) is 44.4 Å². The number of hydrogen-bond acceptors (Lipinski definition) is 2. The highest BCUT2D eigenvalue weighted by atomic mass is 127. The fourth-order valence-corrected chi connectivity index (χ4v) is 2.63. The molecule has 0 aliphatic rings. The summed E-state index contributed by atoms with van der Waals surface area (Å²) in [7, 11) is 0. The summed E-state index contributed by atoms with van der Waals surface area (Å²) in [5.74, 6) is -1.16. The molecule has 1 atom stereocenters. The average molecular weight is 371 g/mol. The number of carboxylic acids is 1. The first kappa shape index (κ1) is 16.0. The summed E-state index contributed by atoms with van der Waals surface area (Å²) in [6, 6.07) is 9.81. The highest BCUT2D eigenvalue weighted by molar-refractivity contribution is 14.1. The quantitative estimate of drug-likeness (QED) is 0.547. The maximum Gasteiger partial charge on any atom is 0.310 e. The molecule has 0 saturated heterocycles. The molecule has 0 saturated carbocycles. The molecule has 0 heterocycles. The summed E-state index contributed by atoms with van der Waals surface area (Å²) in [5.41, 5.74) is 0.886. The maximum absolute atomic E-state index is 11.3. The van der Waals surface area contributed by atoms with E-state index in [9.17, 15) is 9.90 Å². The molecular formula is C15H18INO2. The van der Waals surface area contributed by atoms with Crippen LogP contribution in [0.4, 0.5) is 0 Å². The zero-order valence-corrected chi connectivity index (χ0v) is 13.0. The van der Waals surface area contributed by atoms with Gasteiger partial charge in [0.25, 0.3) is 0 Å². The van der Waals surface area contributed by atoms with Crippen molar-refractivity contribution in [3.05, 3.63) is 33.4 Å². The standard InChI is InChI=1S/C15H18INO2/c16-13-8-6-7-12(11-13)14(15(18)19)9-4-2-1-3-5-10-17/h6-8,11,14H,1-5,9H2,(H,18,19). The SMILES string of the molecule is N#CCCCCCCC(C(=O)O)c1cccc(I)c1. The van der Waals surface area contributed by atoms with Gasteiger partial charge in [-0.25, -0.2) is 0 Å². The Hall–Kier alpha value is -1.09. The summed E-state index contributed by atoms with van der Waals surface area (Å²) < 4.78 is 1.07. The van der Waals surface area contributed by atoms with Crippen LogP contribution >= 0.6 is 22.6 Å². The summed E-state index contributed by atoms with van der Waals surface area (Å²) in [6.45, 7) is 0. The Balaban J connectivity index is 2.46. The molecule has 0 aliphatic carbocycles. The van der Waals surface area contributed by atoms with Gasteiger partial charge in [0.1, 0.15) is 0 Å². The van der Waals surface area contributed by atoms with Crippen molar-refractivity contribution in [2.24, 2.45) is 0 Å². The molecule has 1 aromatic rings. The summed E-state index contributed by atoms with van der Waals surface area (Å²) in [4.78, 5) is 11.3. The largest absolute Gasteiger partial charge is 0.481 e. The second kappa shape index (κ2) is 8.92. The number of carbonyl (C=O) groups is 1. The number of nitriles is 1. The third-order valence-electron chi connectivity index (χ3n) is 3.08. The maximum atomic E-state index is 11.3. The van der Waals surface area contributed by atoms with Crippen LogP contribution < -0.4 is 0 Å². The Bertz CT molecular complexity index is 454. The number of rotatable bonds is 8. The van der Waals surface area contributed by atoms with Crippen molar-refractivity contribution in [3.8, 4) is 6.07 Å². The summed E-state index contributed by atoms with van der Waals surface area (Å²) in [6.07, 6.45) is 5.08. The minimum Gasteiger partial charge on any atom is -0.481 e. The van der Waals surface area contributed by atoms with Gasteiger partial charge >= 0.3 is 5.97 Å². The van der Waals surface area contributed by atoms with Gasteiger partial charge in [-0.1, -0.05) is 31.4 Å². The number of halogens is 1. The second-order valence-electron chi connectivity index (χ2n) is 4.56. The number of unbranched alkanes of at least 4 members (excludes halogenated alkanes) is 4. The van der Waals surface area contributed by atoms with Crippen LogP contribution in [0.15, 0.2) is 24.3 Å². The Labute approximate surface area is 127 Å². The van der Waals surface area contributed by atoms with Gasteiger partial charge in [0.15, 0.2) is 0 Å². The van der Waals surface area contributed by atoms with Gasteiger partial charge in [-0.05, 0) is 53.1 Å². The fourth-order valence-electron chi connectivity index (χ4n) is 2.06. The van der Waals surface area contributed by atoms with Crippen LogP contribution in [0.3, 0.4) is 0 Å². The monoisotopic (exact) mass is 371 g/mol. The molecule has 4 heteroatoms. The molecule has 0 bridgehead atoms. The van der Waals surface area contributed by atoms with Crippen molar-refractivity contribution in [2.75, 3.05) is 0 Å². The van der Waals surface area contributed by atoms with Crippen molar-refractivity contribution in [1.82, 2.24) is 0 Å². The van der Waals surface area contributed by atoms with E-state index >= 15 is 0 Å². The van der Waals surface area contributed by atoms with Gasteiger partial charge in [-0.3, -0.25) is 4.79 Å². The van der Waals surface area contributed by atoms with E-state index in [4.69, 9.17) is 5.26 Å². The van der Waals surface area contributed by atoms with E-state index in [1.165, 1.54) is 0 Å². The van der Waals surface area contributed by atoms with E-state index in [0.29, 0.717) is 12.8 Å². The van der Waals surface area contributed by atoms with Crippen molar-refractivity contribution in [1.29, 1.82) is 5.26 Å². The topological polar surface area (TPSA) is 61.1 Å². The number of benzene rings is 1. The molecule has 0 spiro atoms. The third-order valence-corrected chi connectivity index (χ3v) is 3.75. The molecule has 19 heavy (non-hydrogen) atoms. The predicted octanol–water partition coefficient (Wildman–Crippen LogP) is 4.32. The van der Waals surface area contributed by atoms with Crippen molar-refractivity contribution < 1.29 is 9.90 Å². The third kappa shape index (κ3) is 6.06. The highest BCUT2D eigenvalue weighted by Gasteiger charge is 2.19. The Kier molecular flexibility index (Phi) is 7.49. The lowest BCUT2D eigenvalue weighted by atomic mass is 9.93. The molecule has 0 radical (unpaired) electrons. The van der Waals surface area contributed by atoms with Crippen LogP contribution in [0.2, 0.25) is 0 Å². The Morgan fingerprint density at radius 2 is 2.05 bits per heavy atom. The van der Waals surface area contributed by atoms with Gasteiger partial charge in [0, 0.05) is 9.99 Å². The lowest BCUT2D eigenvalue weighted by Gasteiger charge is -2.12. The van der Waals surface area contributed by atoms with E-state index < -0.39 is 11.9 Å². The van der Waals surface area contributed by atoms with Gasteiger partial charge in [0.2, 0.25) is 0 Å². The van der Waals surface area contributed by atoms with E-state index in [1.807, 2.05) is 24.3 Å². The van der Waals surface area contributed by atoms with Crippen LogP contribution in [0.25, 0.3) is 0 Å². The van der Waals surface area contributed by atoms with E-state index in [-0.39, 0.29) is 0 Å². The number of hydrogen-bond donors (Lipinski definition) is 1. The lowest BCUT2D eigenvalue weighted by molar-refractivity contribution is -0.139. The van der Waals surface area contributed by atoms with Crippen LogP contribution in [0.1, 0.15) is 50.0 Å². The zero-order chi connectivity index (χ0) is 14.1. The predicted molar refractivity (Wildman–Crippen MR) is 82.9 cm³/mol. The molecule has 1 rings (SSSR count). The molecular weight excluding hydrogens is 353 g/mol. The molecule has 0 aromatic heterocycles. The normalized spacial score (nSPS) is 11.8. The smallest absolute Gasteiger partial charge is 0.310 e. The van der Waals surface area contributed by atoms with E-state index in [0.717, 1.165) is 34.8 Å². The van der Waals surface area contributed by atoms with Gasteiger partial charge in [-0.2, -0.15) is 5.26 Å². The van der Waals surface area contributed by atoms with E-state index in [2.05, 4.69) is 28.7 Å². The van der Waals surface area contributed by atoms with Crippen molar-refractivity contribution in [3.63, 3.8) is 0 Å².